The number of para-hydroxylation sites is 5. The molecule has 2 heterocycles. The maximum Gasteiger partial charge on any atom is 0.0973 e. The molecular formula is C85H63N5. The minimum Gasteiger partial charge on any atom is -0.331 e. The lowest BCUT2D eigenvalue weighted by molar-refractivity contribution is 0.753. The summed E-state index contributed by atoms with van der Waals surface area (Å²) in [7, 11) is 0. The van der Waals surface area contributed by atoms with Crippen molar-refractivity contribution in [2.24, 2.45) is 17.8 Å². The van der Waals surface area contributed by atoms with E-state index in [0.717, 1.165) is 110 Å². The first-order valence-corrected chi connectivity index (χ1v) is 31.9. The molecule has 0 N–H and O–H groups in total. The molecule has 5 nitrogen and oxygen atoms in total. The van der Waals surface area contributed by atoms with Crippen LogP contribution in [-0.2, 0) is 0 Å². The number of rotatable bonds is 11. The second-order valence-corrected chi connectivity index (χ2v) is 25.2. The average molecular weight is 1150 g/mol. The van der Waals surface area contributed by atoms with E-state index in [2.05, 4.69) is 318 Å². The molecule has 428 valence electrons. The predicted octanol–water partition coefficient (Wildman–Crippen LogP) is 21.9. The molecule has 0 amide bonds. The fourth-order valence-electron chi connectivity index (χ4n) is 15.3. The maximum absolute atomic E-state index is 5.79. The maximum atomic E-state index is 5.79. The molecular weight excluding hydrogens is 1090 g/mol. The van der Waals surface area contributed by atoms with Crippen LogP contribution < -0.4 is 9.80 Å². The fraction of sp³-hybridized carbons (Fsp3) is 0.106. The number of fused-ring (bicyclic) bond motifs is 9. The van der Waals surface area contributed by atoms with Crippen molar-refractivity contribution in [3.05, 3.63) is 325 Å². The van der Waals surface area contributed by atoms with Gasteiger partial charge in [-0.3, -0.25) is 0 Å². The largest absolute Gasteiger partial charge is 0.331 e. The molecule has 11 aromatic carbocycles. The van der Waals surface area contributed by atoms with Crippen molar-refractivity contribution in [3.63, 3.8) is 0 Å². The highest BCUT2D eigenvalue weighted by Crippen LogP contribution is 2.59. The van der Waals surface area contributed by atoms with Gasteiger partial charge in [-0.1, -0.05) is 218 Å². The number of hydrogen-bond acceptors (Lipinski definition) is 4. The number of benzene rings is 11. The van der Waals surface area contributed by atoms with Gasteiger partial charge in [0.15, 0.2) is 0 Å². The summed E-state index contributed by atoms with van der Waals surface area (Å²) >= 11 is 0. The zero-order valence-electron chi connectivity index (χ0n) is 49.9. The molecule has 4 atom stereocenters. The van der Waals surface area contributed by atoms with Gasteiger partial charge in [0.05, 0.1) is 39.0 Å². The van der Waals surface area contributed by atoms with Gasteiger partial charge in [-0.25, -0.2) is 9.97 Å². The standard InChI is InChI=1S/C85H63N5/c1-3-22-66(23-4-1)88(67-40-36-56(37-41-67)62-51-60-19-8-10-27-73(60)74-30-16-21-59-50-63(59)53-64(74)52-62)68-42-38-58(39-43-68)82-83(86-79-33-17-32-78(84(79)87-82)75-31-15-20-57-18-7-9-26-72(57)75)61-48-49-85(55-65(85)54-61)90(70-24-5-2-6-25-70)71-46-44-69(45-47-71)89-80-34-13-11-28-76(80)77-29-12-14-35-81(77)89/h1-29,31-49,51,54,59,63,65H,30,50,52-53,55H2/b21-16-. The first-order chi connectivity index (χ1) is 44.6. The number of aromatic nitrogens is 3. The molecule has 0 aliphatic heterocycles. The summed E-state index contributed by atoms with van der Waals surface area (Å²) in [6.45, 7) is 0. The van der Waals surface area contributed by atoms with E-state index in [0.29, 0.717) is 0 Å². The Balaban J connectivity index is 0.716. The van der Waals surface area contributed by atoms with Crippen molar-refractivity contribution in [2.75, 3.05) is 9.80 Å². The number of hydrogen-bond donors (Lipinski definition) is 0. The normalized spacial score (nSPS) is 19.2. The van der Waals surface area contributed by atoms with Crippen LogP contribution in [-0.4, -0.2) is 20.1 Å². The second kappa shape index (κ2) is 21.2. The molecule has 0 bridgehead atoms. The Labute approximate surface area is 524 Å². The van der Waals surface area contributed by atoms with E-state index in [9.17, 15) is 0 Å². The van der Waals surface area contributed by atoms with Crippen molar-refractivity contribution in [1.29, 1.82) is 0 Å². The van der Waals surface area contributed by atoms with E-state index < -0.39 is 0 Å². The van der Waals surface area contributed by atoms with Gasteiger partial charge >= 0.3 is 0 Å². The third-order valence-corrected chi connectivity index (χ3v) is 19.9. The Morgan fingerprint density at radius 3 is 1.84 bits per heavy atom. The number of nitrogens with zero attached hydrogens (tertiary/aromatic N) is 5. The highest BCUT2D eigenvalue weighted by molar-refractivity contribution is 6.09. The van der Waals surface area contributed by atoms with E-state index in [-0.39, 0.29) is 11.5 Å². The molecule has 90 heavy (non-hydrogen) atoms. The van der Waals surface area contributed by atoms with Crippen LogP contribution in [0.2, 0.25) is 0 Å². The Morgan fingerprint density at radius 1 is 0.489 bits per heavy atom. The molecule has 13 aromatic rings. The van der Waals surface area contributed by atoms with Crippen LogP contribution in [0.15, 0.2) is 303 Å². The molecule has 4 unspecified atom stereocenters. The van der Waals surface area contributed by atoms with Crippen LogP contribution in [0.5, 0.6) is 0 Å². The first kappa shape index (κ1) is 52.3. The zero-order chi connectivity index (χ0) is 59.3. The van der Waals surface area contributed by atoms with Crippen molar-refractivity contribution in [3.8, 4) is 28.1 Å². The summed E-state index contributed by atoms with van der Waals surface area (Å²) in [5.74, 6) is 1.74. The van der Waals surface area contributed by atoms with Crippen LogP contribution in [0.4, 0.5) is 28.4 Å². The smallest absolute Gasteiger partial charge is 0.0973 e. The van der Waals surface area contributed by atoms with E-state index in [4.69, 9.17) is 9.97 Å². The minimum atomic E-state index is -0.266. The Kier molecular flexibility index (Phi) is 12.3. The molecule has 5 heteroatoms. The third-order valence-electron chi connectivity index (χ3n) is 19.9. The SMILES string of the molecule is C1=CC2(N(c3ccccc3)c3ccc(-n4c5ccccc5c5ccccc54)cc3)CC2C=C1c1nc2cccc(-c3cccc4ccccc34)c2nc1-c1ccc(N(c2ccccc2)c2ccc(C3=Cc4ccccc4C4=C(C3)CC3CC3/C=C\C4)cc2)cc1. The van der Waals surface area contributed by atoms with Gasteiger partial charge in [0.25, 0.3) is 0 Å². The van der Waals surface area contributed by atoms with E-state index in [1.54, 1.807) is 5.57 Å². The Hall–Kier alpha value is -10.9. The van der Waals surface area contributed by atoms with Crippen LogP contribution in [0, 0.1) is 17.8 Å². The topological polar surface area (TPSA) is 37.2 Å². The Bertz CT molecular complexity index is 5110. The molecule has 0 saturated heterocycles. The van der Waals surface area contributed by atoms with Gasteiger partial charge in [0.2, 0.25) is 0 Å². The summed E-state index contributed by atoms with van der Waals surface area (Å²) in [5.41, 5.74) is 25.2. The lowest BCUT2D eigenvalue weighted by Gasteiger charge is -2.35. The monoisotopic (exact) mass is 1150 g/mol. The highest BCUT2D eigenvalue weighted by Gasteiger charge is 2.57. The fourth-order valence-corrected chi connectivity index (χ4v) is 15.3. The molecule has 18 rings (SSSR count). The van der Waals surface area contributed by atoms with Crippen LogP contribution in [0.25, 0.3) is 94.5 Å². The molecule has 5 aliphatic carbocycles. The Morgan fingerprint density at radius 2 is 1.09 bits per heavy atom. The lowest BCUT2D eigenvalue weighted by Crippen LogP contribution is -2.34. The van der Waals surface area contributed by atoms with Gasteiger partial charge in [-0.2, -0.15) is 0 Å². The number of anilines is 5. The van der Waals surface area contributed by atoms with E-state index in [1.807, 2.05) is 0 Å². The molecule has 5 aliphatic rings. The van der Waals surface area contributed by atoms with Gasteiger partial charge in [0, 0.05) is 61.9 Å². The molecule has 0 spiro atoms. The highest BCUT2D eigenvalue weighted by atomic mass is 15.3. The van der Waals surface area contributed by atoms with Crippen LogP contribution in [0.3, 0.4) is 0 Å². The summed E-state index contributed by atoms with van der Waals surface area (Å²) in [6.07, 6.45) is 20.1. The second-order valence-electron chi connectivity index (χ2n) is 25.2. The van der Waals surface area contributed by atoms with Crippen molar-refractivity contribution in [2.45, 2.75) is 37.6 Å². The number of allylic oxidation sites excluding steroid dienone is 7. The van der Waals surface area contributed by atoms with Crippen LogP contribution >= 0.6 is 0 Å². The summed E-state index contributed by atoms with van der Waals surface area (Å²) in [5, 5.41) is 4.91. The van der Waals surface area contributed by atoms with Crippen molar-refractivity contribution < 1.29 is 0 Å². The molecule has 2 aromatic heterocycles. The first-order valence-electron chi connectivity index (χ1n) is 31.9. The zero-order valence-corrected chi connectivity index (χ0v) is 49.9. The predicted molar refractivity (Wildman–Crippen MR) is 376 cm³/mol. The molecule has 2 saturated carbocycles. The van der Waals surface area contributed by atoms with E-state index >= 15 is 0 Å². The van der Waals surface area contributed by atoms with E-state index in [1.165, 1.54) is 73.3 Å². The minimum absolute atomic E-state index is 0.226. The van der Waals surface area contributed by atoms with Gasteiger partial charge < -0.3 is 14.4 Å². The van der Waals surface area contributed by atoms with Gasteiger partial charge in [-0.05, 0) is 185 Å². The summed E-state index contributed by atoms with van der Waals surface area (Å²) < 4.78 is 2.40. The molecule has 0 radical (unpaired) electrons. The van der Waals surface area contributed by atoms with Gasteiger partial charge in [-0.15, -0.1) is 0 Å². The molecule has 2 fully saturated rings. The van der Waals surface area contributed by atoms with Crippen molar-refractivity contribution >= 4 is 94.8 Å². The lowest BCUT2D eigenvalue weighted by atomic mass is 9.88. The van der Waals surface area contributed by atoms with Crippen LogP contribution in [0.1, 0.15) is 54.5 Å². The average Bonchev–Trinajstić information content (AvgIpc) is 1.56. The summed E-state index contributed by atoms with van der Waals surface area (Å²) in [4.78, 5) is 16.4. The summed E-state index contributed by atoms with van der Waals surface area (Å²) in [6, 6.07) is 97.4. The van der Waals surface area contributed by atoms with Crippen molar-refractivity contribution in [1.82, 2.24) is 14.5 Å². The third kappa shape index (κ3) is 8.90. The quantitative estimate of drug-likeness (QED) is 0.121. The van der Waals surface area contributed by atoms with Gasteiger partial charge in [0.1, 0.15) is 0 Å².